The third kappa shape index (κ3) is 4.94. The summed E-state index contributed by atoms with van der Waals surface area (Å²) in [4.78, 5) is 0. The van der Waals surface area contributed by atoms with Gasteiger partial charge in [0.05, 0.1) is 0 Å². The highest BCUT2D eigenvalue weighted by atomic mass is 19.1. The number of hydrogen-bond acceptors (Lipinski definition) is 1. The maximum Gasteiger partial charge on any atom is 0.123 e. The smallest absolute Gasteiger partial charge is 0.123 e. The van der Waals surface area contributed by atoms with Crippen molar-refractivity contribution in [1.29, 1.82) is 0 Å². The molecule has 1 saturated carbocycles. The number of benzene rings is 1. The minimum atomic E-state index is -0.114. The molecule has 0 radical (unpaired) electrons. The SMILES string of the molecule is CCCC(C)CC(CNC1CC1)c1cccc(F)c1. The summed E-state index contributed by atoms with van der Waals surface area (Å²) in [6.07, 6.45) is 6.25. The average Bonchev–Trinajstić information content (AvgIpc) is 3.18. The van der Waals surface area contributed by atoms with E-state index in [2.05, 4.69) is 25.2 Å². The van der Waals surface area contributed by atoms with Crippen LogP contribution < -0.4 is 5.32 Å². The molecule has 1 N–H and O–H groups in total. The second kappa shape index (κ2) is 7.04. The molecule has 0 saturated heterocycles. The fraction of sp³-hybridized carbons (Fsp3) is 0.647. The Kier molecular flexibility index (Phi) is 5.38. The third-order valence-corrected chi connectivity index (χ3v) is 4.02. The van der Waals surface area contributed by atoms with E-state index >= 15 is 0 Å². The van der Waals surface area contributed by atoms with Gasteiger partial charge in [-0.15, -0.1) is 0 Å². The minimum absolute atomic E-state index is 0.114. The van der Waals surface area contributed by atoms with Crippen LogP contribution >= 0.6 is 0 Å². The molecule has 19 heavy (non-hydrogen) atoms. The van der Waals surface area contributed by atoms with Crippen LogP contribution in [0.25, 0.3) is 0 Å². The molecule has 0 bridgehead atoms. The van der Waals surface area contributed by atoms with E-state index in [9.17, 15) is 4.39 Å². The van der Waals surface area contributed by atoms with Gasteiger partial charge < -0.3 is 5.32 Å². The molecule has 2 rings (SSSR count). The second-order valence-corrected chi connectivity index (χ2v) is 6.06. The number of rotatable bonds is 8. The van der Waals surface area contributed by atoms with Gasteiger partial charge in [-0.3, -0.25) is 0 Å². The summed E-state index contributed by atoms with van der Waals surface area (Å²) >= 11 is 0. The van der Waals surface area contributed by atoms with E-state index < -0.39 is 0 Å². The van der Waals surface area contributed by atoms with Crippen LogP contribution in [0.15, 0.2) is 24.3 Å². The van der Waals surface area contributed by atoms with E-state index in [1.165, 1.54) is 31.7 Å². The molecule has 2 unspecified atom stereocenters. The van der Waals surface area contributed by atoms with Crippen LogP contribution in [0.5, 0.6) is 0 Å². The topological polar surface area (TPSA) is 12.0 Å². The van der Waals surface area contributed by atoms with E-state index in [-0.39, 0.29) is 5.82 Å². The van der Waals surface area contributed by atoms with Gasteiger partial charge in [-0.25, -0.2) is 4.39 Å². The Morgan fingerprint density at radius 3 is 2.79 bits per heavy atom. The molecule has 1 aliphatic carbocycles. The first-order chi connectivity index (χ1) is 9.19. The molecular weight excluding hydrogens is 237 g/mol. The zero-order valence-corrected chi connectivity index (χ0v) is 12.2. The molecule has 2 heteroatoms. The average molecular weight is 263 g/mol. The molecule has 1 aromatic carbocycles. The van der Waals surface area contributed by atoms with Gasteiger partial charge in [-0.1, -0.05) is 38.8 Å². The predicted octanol–water partition coefficient (Wildman–Crippen LogP) is 4.49. The second-order valence-electron chi connectivity index (χ2n) is 6.06. The highest BCUT2D eigenvalue weighted by Crippen LogP contribution is 2.28. The monoisotopic (exact) mass is 263 g/mol. The largest absolute Gasteiger partial charge is 0.313 e. The van der Waals surface area contributed by atoms with E-state index in [1.807, 2.05) is 6.07 Å². The number of hydrogen-bond donors (Lipinski definition) is 1. The van der Waals surface area contributed by atoms with Gasteiger partial charge in [-0.2, -0.15) is 0 Å². The molecule has 0 amide bonds. The molecule has 1 aromatic rings. The maximum absolute atomic E-state index is 13.4. The van der Waals surface area contributed by atoms with Crippen LogP contribution in [-0.4, -0.2) is 12.6 Å². The zero-order valence-electron chi connectivity index (χ0n) is 12.2. The van der Waals surface area contributed by atoms with Crippen LogP contribution in [0.1, 0.15) is 57.4 Å². The fourth-order valence-electron chi connectivity index (χ4n) is 2.79. The van der Waals surface area contributed by atoms with Gasteiger partial charge in [0.15, 0.2) is 0 Å². The predicted molar refractivity (Wildman–Crippen MR) is 78.9 cm³/mol. The van der Waals surface area contributed by atoms with E-state index in [0.717, 1.165) is 24.6 Å². The molecule has 1 nitrogen and oxygen atoms in total. The number of nitrogens with one attached hydrogen (secondary N) is 1. The molecular formula is C17H26FN. The van der Waals surface area contributed by atoms with Crippen molar-refractivity contribution in [3.8, 4) is 0 Å². The fourth-order valence-corrected chi connectivity index (χ4v) is 2.79. The lowest BCUT2D eigenvalue weighted by Gasteiger charge is -2.22. The van der Waals surface area contributed by atoms with Gasteiger partial charge in [0, 0.05) is 12.6 Å². The normalized spacial score (nSPS) is 18.3. The van der Waals surface area contributed by atoms with E-state index in [0.29, 0.717) is 11.8 Å². The van der Waals surface area contributed by atoms with Crippen molar-refractivity contribution in [2.24, 2.45) is 5.92 Å². The maximum atomic E-state index is 13.4. The standard InChI is InChI=1S/C17H26FN/c1-3-5-13(2)10-15(12-19-17-8-9-17)14-6-4-7-16(18)11-14/h4,6-7,11,13,15,17,19H,3,5,8-10,12H2,1-2H3. The van der Waals surface area contributed by atoms with Crippen molar-refractivity contribution in [3.05, 3.63) is 35.6 Å². The molecule has 1 fully saturated rings. The molecule has 2 atom stereocenters. The van der Waals surface area contributed by atoms with Crippen LogP contribution in [0.2, 0.25) is 0 Å². The quantitative estimate of drug-likeness (QED) is 0.728. The van der Waals surface area contributed by atoms with Crippen molar-refractivity contribution in [3.63, 3.8) is 0 Å². The summed E-state index contributed by atoms with van der Waals surface area (Å²) in [7, 11) is 0. The van der Waals surface area contributed by atoms with Crippen LogP contribution in [0, 0.1) is 11.7 Å². The highest BCUT2D eigenvalue weighted by Gasteiger charge is 2.23. The lowest BCUT2D eigenvalue weighted by Crippen LogP contribution is -2.24. The van der Waals surface area contributed by atoms with Gasteiger partial charge >= 0.3 is 0 Å². The Morgan fingerprint density at radius 1 is 1.37 bits per heavy atom. The van der Waals surface area contributed by atoms with Crippen molar-refractivity contribution in [1.82, 2.24) is 5.32 Å². The molecule has 0 aromatic heterocycles. The first-order valence-electron chi connectivity index (χ1n) is 7.68. The first kappa shape index (κ1) is 14.5. The Labute approximate surface area is 116 Å². The lowest BCUT2D eigenvalue weighted by atomic mass is 9.87. The Morgan fingerprint density at radius 2 is 2.16 bits per heavy atom. The van der Waals surface area contributed by atoms with Crippen molar-refractivity contribution in [2.45, 2.75) is 57.9 Å². The Balaban J connectivity index is 1.99. The molecule has 0 spiro atoms. The van der Waals surface area contributed by atoms with Crippen molar-refractivity contribution >= 4 is 0 Å². The highest BCUT2D eigenvalue weighted by molar-refractivity contribution is 5.21. The Bertz CT molecular complexity index is 387. The molecule has 0 heterocycles. The Hall–Kier alpha value is -0.890. The summed E-state index contributed by atoms with van der Waals surface area (Å²) in [6.45, 7) is 5.53. The summed E-state index contributed by atoms with van der Waals surface area (Å²) in [6, 6.07) is 7.86. The minimum Gasteiger partial charge on any atom is -0.313 e. The summed E-state index contributed by atoms with van der Waals surface area (Å²) in [5.41, 5.74) is 1.15. The van der Waals surface area contributed by atoms with Crippen molar-refractivity contribution < 1.29 is 4.39 Å². The first-order valence-corrected chi connectivity index (χ1v) is 7.68. The van der Waals surface area contributed by atoms with Crippen LogP contribution in [0.3, 0.4) is 0 Å². The summed E-state index contributed by atoms with van der Waals surface area (Å²) < 4.78 is 13.4. The van der Waals surface area contributed by atoms with Crippen molar-refractivity contribution in [2.75, 3.05) is 6.54 Å². The van der Waals surface area contributed by atoms with Crippen LogP contribution in [-0.2, 0) is 0 Å². The van der Waals surface area contributed by atoms with Gasteiger partial charge in [0.25, 0.3) is 0 Å². The number of halogens is 1. The molecule has 106 valence electrons. The van der Waals surface area contributed by atoms with E-state index in [1.54, 1.807) is 6.07 Å². The summed E-state index contributed by atoms with van der Waals surface area (Å²) in [5, 5.41) is 3.60. The molecule has 1 aliphatic rings. The zero-order chi connectivity index (χ0) is 13.7. The van der Waals surface area contributed by atoms with Gasteiger partial charge in [-0.05, 0) is 48.8 Å². The van der Waals surface area contributed by atoms with E-state index in [4.69, 9.17) is 0 Å². The third-order valence-electron chi connectivity index (χ3n) is 4.02. The molecule has 0 aliphatic heterocycles. The van der Waals surface area contributed by atoms with Crippen LogP contribution in [0.4, 0.5) is 4.39 Å². The summed E-state index contributed by atoms with van der Waals surface area (Å²) in [5.74, 6) is 1.04. The van der Waals surface area contributed by atoms with Gasteiger partial charge in [0.2, 0.25) is 0 Å². The lowest BCUT2D eigenvalue weighted by molar-refractivity contribution is 0.418. The van der Waals surface area contributed by atoms with Gasteiger partial charge in [0.1, 0.15) is 5.82 Å².